The van der Waals surface area contributed by atoms with E-state index in [1.165, 1.54) is 19.2 Å². The second-order valence-corrected chi connectivity index (χ2v) is 7.24. The van der Waals surface area contributed by atoms with Gasteiger partial charge in [-0.25, -0.2) is 14.0 Å². The number of carbonyl (C=O) groups excluding carboxylic acids is 2. The highest BCUT2D eigenvalue weighted by Crippen LogP contribution is 2.31. The molecule has 25 heavy (non-hydrogen) atoms. The summed E-state index contributed by atoms with van der Waals surface area (Å²) in [6, 6.07) is 4.16. The van der Waals surface area contributed by atoms with Crippen LogP contribution in [-0.2, 0) is 9.47 Å². The molecule has 0 bridgehead atoms. The van der Waals surface area contributed by atoms with Crippen LogP contribution < -0.4 is 10.6 Å². The second kappa shape index (κ2) is 7.72. The zero-order valence-corrected chi connectivity index (χ0v) is 15.0. The Kier molecular flexibility index (Phi) is 5.87. The molecule has 1 saturated carbocycles. The summed E-state index contributed by atoms with van der Waals surface area (Å²) in [6.07, 6.45) is 1.26. The Bertz CT molecular complexity index is 636. The van der Waals surface area contributed by atoms with Crippen LogP contribution in [0.1, 0.15) is 44.0 Å². The van der Waals surface area contributed by atoms with Crippen LogP contribution in [0.5, 0.6) is 0 Å². The third kappa shape index (κ3) is 5.62. The van der Waals surface area contributed by atoms with E-state index in [1.807, 2.05) is 20.8 Å². The molecule has 138 valence electrons. The van der Waals surface area contributed by atoms with Crippen LogP contribution in [0.25, 0.3) is 0 Å². The van der Waals surface area contributed by atoms with Crippen LogP contribution >= 0.6 is 0 Å². The SMILES string of the molecule is COC(=O)c1cc(F)ccc1NC1CC(CNC(=O)OC(C)(C)C)C1. The van der Waals surface area contributed by atoms with Gasteiger partial charge in [0.15, 0.2) is 0 Å². The van der Waals surface area contributed by atoms with Crippen molar-refractivity contribution in [2.24, 2.45) is 5.92 Å². The molecule has 6 nitrogen and oxygen atoms in total. The van der Waals surface area contributed by atoms with Crippen molar-refractivity contribution in [3.05, 3.63) is 29.6 Å². The van der Waals surface area contributed by atoms with Crippen LogP contribution in [0.3, 0.4) is 0 Å². The highest BCUT2D eigenvalue weighted by atomic mass is 19.1. The minimum absolute atomic E-state index is 0.166. The molecule has 1 aromatic carbocycles. The van der Waals surface area contributed by atoms with Gasteiger partial charge in [-0.2, -0.15) is 0 Å². The van der Waals surface area contributed by atoms with Gasteiger partial charge in [0.1, 0.15) is 11.4 Å². The first-order valence-electron chi connectivity index (χ1n) is 8.29. The van der Waals surface area contributed by atoms with Gasteiger partial charge in [0.25, 0.3) is 0 Å². The van der Waals surface area contributed by atoms with E-state index in [2.05, 4.69) is 15.4 Å². The van der Waals surface area contributed by atoms with E-state index in [-0.39, 0.29) is 11.6 Å². The fraction of sp³-hybridized carbons (Fsp3) is 0.556. The summed E-state index contributed by atoms with van der Waals surface area (Å²) >= 11 is 0. The van der Waals surface area contributed by atoms with Crippen LogP contribution in [0.2, 0.25) is 0 Å². The Morgan fingerprint density at radius 2 is 1.96 bits per heavy atom. The normalized spacial score (nSPS) is 19.6. The fourth-order valence-electron chi connectivity index (χ4n) is 2.70. The summed E-state index contributed by atoms with van der Waals surface area (Å²) in [5, 5.41) is 5.99. The summed E-state index contributed by atoms with van der Waals surface area (Å²) in [6.45, 7) is 5.99. The van der Waals surface area contributed by atoms with Crippen molar-refractivity contribution in [1.29, 1.82) is 0 Å². The second-order valence-electron chi connectivity index (χ2n) is 7.24. The Labute approximate surface area is 147 Å². The molecule has 0 aromatic heterocycles. The first-order valence-corrected chi connectivity index (χ1v) is 8.29. The van der Waals surface area contributed by atoms with E-state index >= 15 is 0 Å². The molecule has 0 saturated heterocycles. The predicted molar refractivity (Wildman–Crippen MR) is 92.1 cm³/mol. The van der Waals surface area contributed by atoms with Gasteiger partial charge in [0.05, 0.1) is 12.7 Å². The molecule has 0 atom stereocenters. The van der Waals surface area contributed by atoms with Crippen LogP contribution in [0.4, 0.5) is 14.9 Å². The van der Waals surface area contributed by atoms with Gasteiger partial charge in [-0.05, 0) is 57.7 Å². The maximum absolute atomic E-state index is 13.3. The Balaban J connectivity index is 1.80. The van der Waals surface area contributed by atoms with Gasteiger partial charge in [0.2, 0.25) is 0 Å². The van der Waals surface area contributed by atoms with E-state index in [0.29, 0.717) is 18.2 Å². The summed E-state index contributed by atoms with van der Waals surface area (Å²) in [7, 11) is 1.26. The molecule has 0 spiro atoms. The largest absolute Gasteiger partial charge is 0.465 e. The molecule has 1 aliphatic rings. The molecule has 0 unspecified atom stereocenters. The number of hydrogen-bond donors (Lipinski definition) is 2. The van der Waals surface area contributed by atoms with E-state index in [9.17, 15) is 14.0 Å². The molecule has 2 N–H and O–H groups in total. The molecular formula is C18H25FN2O4. The first-order chi connectivity index (χ1) is 11.7. The zero-order valence-electron chi connectivity index (χ0n) is 15.0. The van der Waals surface area contributed by atoms with Gasteiger partial charge >= 0.3 is 12.1 Å². The van der Waals surface area contributed by atoms with Crippen LogP contribution in [-0.4, -0.2) is 37.4 Å². The molecule has 1 aromatic rings. The Morgan fingerprint density at radius 1 is 1.28 bits per heavy atom. The Morgan fingerprint density at radius 3 is 2.56 bits per heavy atom. The Hall–Kier alpha value is -2.31. The third-order valence-electron chi connectivity index (χ3n) is 3.92. The molecular weight excluding hydrogens is 327 g/mol. The van der Waals surface area contributed by atoms with E-state index in [1.54, 1.807) is 0 Å². The lowest BCUT2D eigenvalue weighted by Gasteiger charge is -2.37. The smallest absolute Gasteiger partial charge is 0.407 e. The van der Waals surface area contributed by atoms with E-state index in [4.69, 9.17) is 4.74 Å². The monoisotopic (exact) mass is 352 g/mol. The van der Waals surface area contributed by atoms with E-state index < -0.39 is 23.5 Å². The number of amides is 1. The number of benzene rings is 1. The standard InChI is InChI=1S/C18H25FN2O4/c1-18(2,3)25-17(23)20-10-11-7-13(8-11)21-15-6-5-12(19)9-14(15)16(22)24-4/h5-6,9,11,13,21H,7-8,10H2,1-4H3,(H,20,23). The zero-order chi connectivity index (χ0) is 18.6. The van der Waals surface area contributed by atoms with Gasteiger partial charge in [-0.15, -0.1) is 0 Å². The molecule has 1 amide bonds. The van der Waals surface area contributed by atoms with Gasteiger partial charge in [0, 0.05) is 18.3 Å². The lowest BCUT2D eigenvalue weighted by Crippen LogP contribution is -2.43. The minimum atomic E-state index is -0.579. The number of esters is 1. The summed E-state index contributed by atoms with van der Waals surface area (Å²) < 4.78 is 23.2. The fourth-order valence-corrected chi connectivity index (χ4v) is 2.70. The molecule has 0 radical (unpaired) electrons. The molecule has 2 rings (SSSR count). The maximum Gasteiger partial charge on any atom is 0.407 e. The van der Waals surface area contributed by atoms with Gasteiger partial charge < -0.3 is 20.1 Å². The molecule has 0 aliphatic heterocycles. The minimum Gasteiger partial charge on any atom is -0.465 e. The predicted octanol–water partition coefficient (Wildman–Crippen LogP) is 3.33. The number of carbonyl (C=O) groups is 2. The van der Waals surface area contributed by atoms with Crippen molar-refractivity contribution in [1.82, 2.24) is 5.32 Å². The highest BCUT2D eigenvalue weighted by Gasteiger charge is 2.30. The van der Waals surface area contributed by atoms with Crippen molar-refractivity contribution >= 4 is 17.7 Å². The summed E-state index contributed by atoms with van der Waals surface area (Å²) in [5.41, 5.74) is 0.218. The molecule has 7 heteroatoms. The molecule has 1 fully saturated rings. The lowest BCUT2D eigenvalue weighted by molar-refractivity contribution is 0.0507. The number of alkyl carbamates (subject to hydrolysis) is 1. The van der Waals surface area contributed by atoms with Gasteiger partial charge in [-0.3, -0.25) is 0 Å². The van der Waals surface area contributed by atoms with Crippen molar-refractivity contribution in [2.45, 2.75) is 45.3 Å². The maximum atomic E-state index is 13.3. The first kappa shape index (κ1) is 19.0. The van der Waals surface area contributed by atoms with Crippen LogP contribution in [0.15, 0.2) is 18.2 Å². The van der Waals surface area contributed by atoms with Crippen molar-refractivity contribution in [3.8, 4) is 0 Å². The molecule has 0 heterocycles. The number of anilines is 1. The quantitative estimate of drug-likeness (QED) is 0.795. The number of hydrogen-bond acceptors (Lipinski definition) is 5. The van der Waals surface area contributed by atoms with Crippen molar-refractivity contribution < 1.29 is 23.5 Å². The average molecular weight is 352 g/mol. The number of ether oxygens (including phenoxy) is 2. The van der Waals surface area contributed by atoms with E-state index in [0.717, 1.165) is 18.9 Å². The number of rotatable bonds is 5. The number of methoxy groups -OCH3 is 1. The molecule has 1 aliphatic carbocycles. The third-order valence-corrected chi connectivity index (χ3v) is 3.92. The number of nitrogens with one attached hydrogen (secondary N) is 2. The summed E-state index contributed by atoms with van der Waals surface area (Å²) in [5.74, 6) is -0.726. The van der Waals surface area contributed by atoms with Crippen LogP contribution in [0, 0.1) is 11.7 Å². The van der Waals surface area contributed by atoms with Gasteiger partial charge in [-0.1, -0.05) is 0 Å². The highest BCUT2D eigenvalue weighted by molar-refractivity contribution is 5.95. The average Bonchev–Trinajstić information content (AvgIpc) is 2.48. The lowest BCUT2D eigenvalue weighted by atomic mass is 9.80. The number of halogens is 1. The summed E-state index contributed by atoms with van der Waals surface area (Å²) in [4.78, 5) is 23.4. The van der Waals surface area contributed by atoms with Crippen molar-refractivity contribution in [2.75, 3.05) is 19.0 Å². The topological polar surface area (TPSA) is 76.7 Å². The van der Waals surface area contributed by atoms with Crippen molar-refractivity contribution in [3.63, 3.8) is 0 Å².